The van der Waals surface area contributed by atoms with Gasteiger partial charge in [0.05, 0.1) is 20.3 Å². The number of rotatable bonds is 4. The quantitative estimate of drug-likeness (QED) is 0.868. The lowest BCUT2D eigenvalue weighted by Crippen LogP contribution is -2.18. The molecule has 1 aromatic carbocycles. The Morgan fingerprint density at radius 2 is 2.29 bits per heavy atom. The normalized spacial score (nSPS) is 21.2. The molecule has 1 unspecified atom stereocenters. The summed E-state index contributed by atoms with van der Waals surface area (Å²) in [6.07, 6.45) is 1.05. The van der Waals surface area contributed by atoms with Gasteiger partial charge in [-0.25, -0.2) is 0 Å². The Balaban J connectivity index is 2.21. The lowest BCUT2D eigenvalue weighted by Gasteiger charge is -2.18. The molecule has 1 fully saturated rings. The van der Waals surface area contributed by atoms with Gasteiger partial charge in [-0.2, -0.15) is 0 Å². The van der Waals surface area contributed by atoms with Crippen molar-refractivity contribution in [3.8, 4) is 11.5 Å². The van der Waals surface area contributed by atoms with E-state index in [1.165, 1.54) is 0 Å². The predicted octanol–water partition coefficient (Wildman–Crippen LogP) is 1.88. The van der Waals surface area contributed by atoms with Crippen LogP contribution in [0.2, 0.25) is 0 Å². The van der Waals surface area contributed by atoms with Crippen LogP contribution in [0.5, 0.6) is 11.5 Å². The Morgan fingerprint density at radius 1 is 1.47 bits per heavy atom. The molecule has 1 aliphatic heterocycles. The van der Waals surface area contributed by atoms with Crippen molar-refractivity contribution in [1.82, 2.24) is 0 Å². The Labute approximate surface area is 102 Å². The highest BCUT2D eigenvalue weighted by atomic mass is 16.5. The van der Waals surface area contributed by atoms with Gasteiger partial charge in [-0.15, -0.1) is 0 Å². The van der Waals surface area contributed by atoms with Crippen LogP contribution in [0, 0.1) is 0 Å². The monoisotopic (exact) mass is 237 g/mol. The third-order valence-electron chi connectivity index (χ3n) is 2.89. The second-order valence-corrected chi connectivity index (χ2v) is 4.30. The molecule has 0 radical (unpaired) electrons. The highest BCUT2D eigenvalue weighted by Crippen LogP contribution is 2.30. The maximum atomic E-state index is 5.93. The van der Waals surface area contributed by atoms with Crippen molar-refractivity contribution in [2.75, 3.05) is 20.3 Å². The van der Waals surface area contributed by atoms with Gasteiger partial charge in [-0.05, 0) is 13.0 Å². The highest BCUT2D eigenvalue weighted by Gasteiger charge is 2.19. The number of ether oxygens (including phenoxy) is 3. The Morgan fingerprint density at radius 3 is 2.88 bits per heavy atom. The van der Waals surface area contributed by atoms with Crippen molar-refractivity contribution in [3.05, 3.63) is 23.8 Å². The van der Waals surface area contributed by atoms with E-state index >= 15 is 0 Å². The van der Waals surface area contributed by atoms with Gasteiger partial charge in [0.15, 0.2) is 0 Å². The van der Waals surface area contributed by atoms with E-state index in [1.807, 2.05) is 25.1 Å². The first-order valence-corrected chi connectivity index (χ1v) is 5.88. The average molecular weight is 237 g/mol. The molecule has 0 amide bonds. The van der Waals surface area contributed by atoms with Crippen LogP contribution in [0.4, 0.5) is 0 Å². The van der Waals surface area contributed by atoms with Gasteiger partial charge in [-0.1, -0.05) is 6.07 Å². The molecule has 0 aliphatic carbocycles. The van der Waals surface area contributed by atoms with Gasteiger partial charge < -0.3 is 19.9 Å². The SMILES string of the molecule is COc1ccc([C@H](C)N)c(OC2CCOC2)c1. The maximum Gasteiger partial charge on any atom is 0.128 e. The van der Waals surface area contributed by atoms with E-state index in [4.69, 9.17) is 19.9 Å². The van der Waals surface area contributed by atoms with Crippen LogP contribution in [0.3, 0.4) is 0 Å². The summed E-state index contributed by atoms with van der Waals surface area (Å²) in [6.45, 7) is 3.36. The molecule has 4 nitrogen and oxygen atoms in total. The standard InChI is InChI=1S/C13H19NO3/c1-9(14)12-4-3-10(15-2)7-13(12)17-11-5-6-16-8-11/h3-4,7,9,11H,5-6,8,14H2,1-2H3/t9-,11?/m0/s1. The maximum absolute atomic E-state index is 5.93. The summed E-state index contributed by atoms with van der Waals surface area (Å²) < 4.78 is 16.4. The first-order chi connectivity index (χ1) is 8.20. The molecule has 17 heavy (non-hydrogen) atoms. The summed E-state index contributed by atoms with van der Waals surface area (Å²) in [7, 11) is 1.64. The van der Waals surface area contributed by atoms with Crippen LogP contribution in [-0.4, -0.2) is 26.4 Å². The van der Waals surface area contributed by atoms with E-state index in [-0.39, 0.29) is 12.1 Å². The first kappa shape index (κ1) is 12.2. The van der Waals surface area contributed by atoms with Gasteiger partial charge in [0, 0.05) is 24.1 Å². The van der Waals surface area contributed by atoms with E-state index in [1.54, 1.807) is 7.11 Å². The van der Waals surface area contributed by atoms with Crippen LogP contribution in [0.15, 0.2) is 18.2 Å². The molecule has 1 heterocycles. The fourth-order valence-electron chi connectivity index (χ4n) is 1.91. The van der Waals surface area contributed by atoms with Crippen LogP contribution in [0.1, 0.15) is 24.9 Å². The van der Waals surface area contributed by atoms with Crippen LogP contribution < -0.4 is 15.2 Å². The van der Waals surface area contributed by atoms with E-state index < -0.39 is 0 Å². The second kappa shape index (κ2) is 5.38. The molecule has 4 heteroatoms. The zero-order valence-corrected chi connectivity index (χ0v) is 10.3. The predicted molar refractivity (Wildman–Crippen MR) is 65.4 cm³/mol. The van der Waals surface area contributed by atoms with Crippen molar-refractivity contribution in [2.24, 2.45) is 5.73 Å². The second-order valence-electron chi connectivity index (χ2n) is 4.30. The number of methoxy groups -OCH3 is 1. The van der Waals surface area contributed by atoms with Crippen molar-refractivity contribution in [3.63, 3.8) is 0 Å². The van der Waals surface area contributed by atoms with Crippen LogP contribution >= 0.6 is 0 Å². The minimum Gasteiger partial charge on any atom is -0.497 e. The van der Waals surface area contributed by atoms with Crippen LogP contribution in [-0.2, 0) is 4.74 Å². The third kappa shape index (κ3) is 2.90. The fourth-order valence-corrected chi connectivity index (χ4v) is 1.91. The molecule has 0 saturated carbocycles. The highest BCUT2D eigenvalue weighted by molar-refractivity contribution is 5.42. The summed E-state index contributed by atoms with van der Waals surface area (Å²) in [4.78, 5) is 0. The molecule has 1 aromatic rings. The molecule has 2 rings (SSSR count). The number of hydrogen-bond donors (Lipinski definition) is 1. The van der Waals surface area contributed by atoms with E-state index in [9.17, 15) is 0 Å². The van der Waals surface area contributed by atoms with Gasteiger partial charge in [0.2, 0.25) is 0 Å². The summed E-state index contributed by atoms with van der Waals surface area (Å²) in [5, 5.41) is 0. The molecule has 0 spiro atoms. The molecule has 94 valence electrons. The van der Waals surface area contributed by atoms with Crippen molar-refractivity contribution >= 4 is 0 Å². The third-order valence-corrected chi connectivity index (χ3v) is 2.89. The van der Waals surface area contributed by atoms with E-state index in [2.05, 4.69) is 0 Å². The molecular weight excluding hydrogens is 218 g/mol. The van der Waals surface area contributed by atoms with Gasteiger partial charge in [0.1, 0.15) is 17.6 Å². The van der Waals surface area contributed by atoms with E-state index in [0.29, 0.717) is 6.61 Å². The lowest BCUT2D eigenvalue weighted by atomic mass is 10.1. The Bertz CT molecular complexity index is 373. The van der Waals surface area contributed by atoms with E-state index in [0.717, 1.165) is 30.1 Å². The molecule has 0 aromatic heterocycles. The molecule has 1 saturated heterocycles. The summed E-state index contributed by atoms with van der Waals surface area (Å²) >= 11 is 0. The molecule has 2 atom stereocenters. The fraction of sp³-hybridized carbons (Fsp3) is 0.538. The van der Waals surface area contributed by atoms with Crippen LogP contribution in [0.25, 0.3) is 0 Å². The molecule has 0 bridgehead atoms. The lowest BCUT2D eigenvalue weighted by molar-refractivity contribution is 0.140. The summed E-state index contributed by atoms with van der Waals surface area (Å²) in [5.41, 5.74) is 6.93. The largest absolute Gasteiger partial charge is 0.497 e. The number of hydrogen-bond acceptors (Lipinski definition) is 4. The van der Waals surface area contributed by atoms with Crippen molar-refractivity contribution < 1.29 is 14.2 Å². The number of benzene rings is 1. The molecule has 2 N–H and O–H groups in total. The molecule has 1 aliphatic rings. The number of nitrogens with two attached hydrogens (primary N) is 1. The Hall–Kier alpha value is -1.26. The summed E-state index contributed by atoms with van der Waals surface area (Å²) in [6, 6.07) is 5.68. The van der Waals surface area contributed by atoms with Crippen molar-refractivity contribution in [2.45, 2.75) is 25.5 Å². The average Bonchev–Trinajstić information content (AvgIpc) is 2.81. The Kier molecular flexibility index (Phi) is 3.86. The smallest absolute Gasteiger partial charge is 0.128 e. The van der Waals surface area contributed by atoms with Gasteiger partial charge in [-0.3, -0.25) is 0 Å². The topological polar surface area (TPSA) is 53.7 Å². The zero-order valence-electron chi connectivity index (χ0n) is 10.3. The minimum absolute atomic E-state index is 0.0572. The van der Waals surface area contributed by atoms with Gasteiger partial charge >= 0.3 is 0 Å². The van der Waals surface area contributed by atoms with Gasteiger partial charge in [0.25, 0.3) is 0 Å². The summed E-state index contributed by atoms with van der Waals surface area (Å²) in [5.74, 6) is 1.58. The zero-order chi connectivity index (χ0) is 12.3. The first-order valence-electron chi connectivity index (χ1n) is 5.88. The van der Waals surface area contributed by atoms with Crippen molar-refractivity contribution in [1.29, 1.82) is 0 Å². The minimum atomic E-state index is -0.0572. The molecular formula is C13H19NO3.